The van der Waals surface area contributed by atoms with Gasteiger partial charge in [-0.1, -0.05) is 32.0 Å². The topological polar surface area (TPSA) is 26.2 Å². The number of benzene rings is 1. The summed E-state index contributed by atoms with van der Waals surface area (Å²) in [6.07, 6.45) is 4.64. The molecule has 3 nitrogen and oxygen atoms in total. The minimum Gasteiger partial charge on any atom is -0.383 e. The Kier molecular flexibility index (Phi) is 6.27. The van der Waals surface area contributed by atoms with Gasteiger partial charge < -0.3 is 14.6 Å². The Bertz CT molecular complexity index is 545. The predicted octanol–water partition coefficient (Wildman–Crippen LogP) is 3.47. The largest absolute Gasteiger partial charge is 0.383 e. The second-order valence-electron chi connectivity index (χ2n) is 6.06. The van der Waals surface area contributed by atoms with E-state index in [1.54, 1.807) is 7.11 Å². The Labute approximate surface area is 128 Å². The van der Waals surface area contributed by atoms with Crippen molar-refractivity contribution in [3.8, 4) is 0 Å². The fourth-order valence-corrected chi connectivity index (χ4v) is 2.77. The van der Waals surface area contributed by atoms with Gasteiger partial charge in [0.2, 0.25) is 0 Å². The molecule has 0 aliphatic carbocycles. The van der Waals surface area contributed by atoms with E-state index in [-0.39, 0.29) is 0 Å². The molecule has 1 aromatic carbocycles. The first-order chi connectivity index (χ1) is 10.2. The molecular weight excluding hydrogens is 260 g/mol. The number of para-hydroxylation sites is 1. The predicted molar refractivity (Wildman–Crippen MR) is 89.8 cm³/mol. The molecule has 1 heterocycles. The first kappa shape index (κ1) is 16.1. The summed E-state index contributed by atoms with van der Waals surface area (Å²) >= 11 is 0. The number of methoxy groups -OCH3 is 1. The van der Waals surface area contributed by atoms with E-state index in [9.17, 15) is 0 Å². The molecule has 3 heteroatoms. The molecule has 116 valence electrons. The van der Waals surface area contributed by atoms with Crippen LogP contribution in [0.4, 0.5) is 0 Å². The van der Waals surface area contributed by atoms with Crippen molar-refractivity contribution in [2.24, 2.45) is 5.92 Å². The summed E-state index contributed by atoms with van der Waals surface area (Å²) in [5.41, 5.74) is 2.84. The van der Waals surface area contributed by atoms with Crippen LogP contribution in [0, 0.1) is 5.92 Å². The van der Waals surface area contributed by atoms with E-state index in [1.165, 1.54) is 22.9 Å². The Morgan fingerprint density at radius 1 is 1.19 bits per heavy atom. The van der Waals surface area contributed by atoms with Crippen molar-refractivity contribution in [1.29, 1.82) is 0 Å². The van der Waals surface area contributed by atoms with E-state index in [0.717, 1.165) is 32.7 Å². The van der Waals surface area contributed by atoms with Crippen LogP contribution in [0.1, 0.15) is 25.8 Å². The van der Waals surface area contributed by atoms with E-state index >= 15 is 0 Å². The van der Waals surface area contributed by atoms with Crippen LogP contribution in [0.2, 0.25) is 0 Å². The summed E-state index contributed by atoms with van der Waals surface area (Å²) in [6.45, 7) is 8.40. The maximum atomic E-state index is 5.04. The van der Waals surface area contributed by atoms with Crippen molar-refractivity contribution in [3.63, 3.8) is 0 Å². The molecule has 0 bridgehead atoms. The van der Waals surface area contributed by atoms with Gasteiger partial charge in [-0.2, -0.15) is 0 Å². The summed E-state index contributed by atoms with van der Waals surface area (Å²) < 4.78 is 7.45. The van der Waals surface area contributed by atoms with Crippen LogP contribution in [0.3, 0.4) is 0 Å². The molecule has 1 N–H and O–H groups in total. The maximum absolute atomic E-state index is 5.04. The molecule has 2 aromatic rings. The lowest BCUT2D eigenvalue weighted by Crippen LogP contribution is -2.20. The lowest BCUT2D eigenvalue weighted by atomic mass is 10.1. The summed E-state index contributed by atoms with van der Waals surface area (Å²) in [5.74, 6) is 0.671. The molecule has 0 amide bonds. The molecule has 0 spiro atoms. The third kappa shape index (κ3) is 4.58. The molecule has 2 rings (SSSR count). The number of nitrogens with one attached hydrogen (secondary N) is 1. The van der Waals surface area contributed by atoms with E-state index in [2.05, 4.69) is 54.2 Å². The van der Waals surface area contributed by atoms with Crippen LogP contribution in [0.25, 0.3) is 10.9 Å². The number of hydrogen-bond donors (Lipinski definition) is 1. The second-order valence-corrected chi connectivity index (χ2v) is 6.06. The molecule has 0 aliphatic heterocycles. The molecule has 1 aromatic heterocycles. The first-order valence-corrected chi connectivity index (χ1v) is 7.98. The Hall–Kier alpha value is -1.32. The summed E-state index contributed by atoms with van der Waals surface area (Å²) in [6, 6.07) is 8.76. The smallest absolute Gasteiger partial charge is 0.0587 e. The zero-order chi connectivity index (χ0) is 15.1. The first-order valence-electron chi connectivity index (χ1n) is 7.98. The Balaban J connectivity index is 1.99. The molecule has 0 atom stereocenters. The molecule has 0 saturated carbocycles. The highest BCUT2D eigenvalue weighted by atomic mass is 16.5. The zero-order valence-electron chi connectivity index (χ0n) is 13.6. The maximum Gasteiger partial charge on any atom is 0.0587 e. The summed E-state index contributed by atoms with van der Waals surface area (Å²) in [7, 11) is 1.74. The summed E-state index contributed by atoms with van der Waals surface area (Å²) in [5, 5.41) is 4.82. The van der Waals surface area contributed by atoms with Crippen molar-refractivity contribution in [2.75, 3.05) is 26.8 Å². The van der Waals surface area contributed by atoms with Gasteiger partial charge in [0.15, 0.2) is 0 Å². The van der Waals surface area contributed by atoms with Crippen molar-refractivity contribution in [3.05, 3.63) is 36.0 Å². The van der Waals surface area contributed by atoms with Crippen molar-refractivity contribution in [2.45, 2.75) is 33.2 Å². The van der Waals surface area contributed by atoms with Gasteiger partial charge in [-0.25, -0.2) is 0 Å². The SMILES string of the molecule is COCCNCCCc1cn(CC(C)C)c2ccccc12. The highest BCUT2D eigenvalue weighted by Crippen LogP contribution is 2.23. The van der Waals surface area contributed by atoms with E-state index < -0.39 is 0 Å². The minimum absolute atomic E-state index is 0.671. The molecule has 21 heavy (non-hydrogen) atoms. The molecule has 0 radical (unpaired) electrons. The number of ether oxygens (including phenoxy) is 1. The van der Waals surface area contributed by atoms with E-state index in [1.807, 2.05) is 0 Å². The number of aromatic nitrogens is 1. The number of aryl methyl sites for hydroxylation is 1. The number of rotatable bonds is 9. The molecule has 0 aliphatic rings. The van der Waals surface area contributed by atoms with Crippen molar-refractivity contribution in [1.82, 2.24) is 9.88 Å². The van der Waals surface area contributed by atoms with Gasteiger partial charge >= 0.3 is 0 Å². The average Bonchev–Trinajstić information content (AvgIpc) is 2.81. The van der Waals surface area contributed by atoms with Gasteiger partial charge in [0.1, 0.15) is 0 Å². The van der Waals surface area contributed by atoms with Gasteiger partial charge in [0.05, 0.1) is 6.61 Å². The zero-order valence-corrected chi connectivity index (χ0v) is 13.6. The monoisotopic (exact) mass is 288 g/mol. The lowest BCUT2D eigenvalue weighted by Gasteiger charge is -2.07. The molecular formula is C18H28N2O. The van der Waals surface area contributed by atoms with Gasteiger partial charge in [0.25, 0.3) is 0 Å². The van der Waals surface area contributed by atoms with Crippen LogP contribution < -0.4 is 5.32 Å². The number of hydrogen-bond acceptors (Lipinski definition) is 2. The molecule has 0 saturated heterocycles. The van der Waals surface area contributed by atoms with Crippen LogP contribution >= 0.6 is 0 Å². The van der Waals surface area contributed by atoms with Crippen molar-refractivity contribution >= 4 is 10.9 Å². The number of nitrogens with zero attached hydrogens (tertiary/aromatic N) is 1. The standard InChI is InChI=1S/C18H28N2O/c1-15(2)13-20-14-16(7-6-10-19-11-12-21-3)17-8-4-5-9-18(17)20/h4-5,8-9,14-15,19H,6-7,10-13H2,1-3H3. The third-order valence-corrected chi connectivity index (χ3v) is 3.72. The third-order valence-electron chi connectivity index (χ3n) is 3.72. The van der Waals surface area contributed by atoms with Gasteiger partial charge in [-0.05, 0) is 36.9 Å². The van der Waals surface area contributed by atoms with Gasteiger partial charge in [-0.3, -0.25) is 0 Å². The fourth-order valence-electron chi connectivity index (χ4n) is 2.77. The lowest BCUT2D eigenvalue weighted by molar-refractivity contribution is 0.199. The normalized spacial score (nSPS) is 11.6. The minimum atomic E-state index is 0.671. The van der Waals surface area contributed by atoms with Crippen molar-refractivity contribution < 1.29 is 4.74 Å². The molecule has 0 unspecified atom stereocenters. The van der Waals surface area contributed by atoms with E-state index in [4.69, 9.17) is 4.74 Å². The Morgan fingerprint density at radius 2 is 2.00 bits per heavy atom. The quantitative estimate of drug-likeness (QED) is 0.715. The van der Waals surface area contributed by atoms with Gasteiger partial charge in [-0.15, -0.1) is 0 Å². The van der Waals surface area contributed by atoms with Crippen LogP contribution in [-0.4, -0.2) is 31.4 Å². The van der Waals surface area contributed by atoms with Crippen LogP contribution in [0.15, 0.2) is 30.5 Å². The Morgan fingerprint density at radius 3 is 2.76 bits per heavy atom. The second kappa shape index (κ2) is 8.20. The van der Waals surface area contributed by atoms with Crippen LogP contribution in [-0.2, 0) is 17.7 Å². The van der Waals surface area contributed by atoms with Gasteiger partial charge in [0, 0.05) is 37.3 Å². The fraction of sp³-hybridized carbons (Fsp3) is 0.556. The number of fused-ring (bicyclic) bond motifs is 1. The molecule has 0 fully saturated rings. The van der Waals surface area contributed by atoms with E-state index in [0.29, 0.717) is 5.92 Å². The van der Waals surface area contributed by atoms with Crippen LogP contribution in [0.5, 0.6) is 0 Å². The summed E-state index contributed by atoms with van der Waals surface area (Å²) in [4.78, 5) is 0. The highest BCUT2D eigenvalue weighted by molar-refractivity contribution is 5.83. The average molecular weight is 288 g/mol. The highest BCUT2D eigenvalue weighted by Gasteiger charge is 2.08.